The Hall–Kier alpha value is -1.77. The molecule has 0 unspecified atom stereocenters. The van der Waals surface area contributed by atoms with E-state index in [2.05, 4.69) is 26.8 Å². The number of hydrogen-bond acceptors (Lipinski definition) is 2. The van der Waals surface area contributed by atoms with Crippen LogP contribution in [0.1, 0.15) is 50.4 Å². The number of allylic oxidation sites excluding steroid dienone is 2. The SMILES string of the molecule is CC(C)=CCC[C@H](C)CCOc1ccc(C(=O)O)cc1. The van der Waals surface area contributed by atoms with Crippen molar-refractivity contribution in [2.75, 3.05) is 6.61 Å². The van der Waals surface area contributed by atoms with Gasteiger partial charge in [0.05, 0.1) is 12.2 Å². The highest BCUT2D eigenvalue weighted by molar-refractivity contribution is 5.87. The molecule has 0 bridgehead atoms. The zero-order valence-electron chi connectivity index (χ0n) is 12.6. The van der Waals surface area contributed by atoms with Crippen molar-refractivity contribution >= 4 is 5.97 Å². The molecule has 0 aliphatic rings. The van der Waals surface area contributed by atoms with Gasteiger partial charge in [0.15, 0.2) is 0 Å². The molecule has 0 saturated heterocycles. The summed E-state index contributed by atoms with van der Waals surface area (Å²) >= 11 is 0. The van der Waals surface area contributed by atoms with Crippen molar-refractivity contribution in [3.8, 4) is 5.75 Å². The van der Waals surface area contributed by atoms with Crippen LogP contribution in [0.25, 0.3) is 0 Å². The minimum absolute atomic E-state index is 0.285. The summed E-state index contributed by atoms with van der Waals surface area (Å²) in [7, 11) is 0. The zero-order chi connectivity index (χ0) is 15.0. The number of carboxylic acid groups (broad SMARTS) is 1. The van der Waals surface area contributed by atoms with Crippen molar-refractivity contribution in [2.45, 2.75) is 40.0 Å². The first-order valence-electron chi connectivity index (χ1n) is 7.08. The van der Waals surface area contributed by atoms with Gasteiger partial charge in [-0.25, -0.2) is 4.79 Å². The zero-order valence-corrected chi connectivity index (χ0v) is 12.6. The molecule has 0 radical (unpaired) electrons. The third-order valence-corrected chi connectivity index (χ3v) is 3.19. The van der Waals surface area contributed by atoms with Crippen LogP contribution in [-0.2, 0) is 0 Å². The van der Waals surface area contributed by atoms with Gasteiger partial charge in [0.2, 0.25) is 0 Å². The maximum Gasteiger partial charge on any atom is 0.335 e. The molecule has 3 heteroatoms. The first-order valence-corrected chi connectivity index (χ1v) is 7.08. The lowest BCUT2D eigenvalue weighted by Gasteiger charge is -2.11. The predicted molar refractivity (Wildman–Crippen MR) is 81.3 cm³/mol. The van der Waals surface area contributed by atoms with Gasteiger partial charge in [-0.1, -0.05) is 18.6 Å². The minimum atomic E-state index is -0.913. The monoisotopic (exact) mass is 276 g/mol. The molecule has 3 nitrogen and oxygen atoms in total. The van der Waals surface area contributed by atoms with Crippen LogP contribution < -0.4 is 4.74 Å². The first kappa shape index (κ1) is 16.3. The van der Waals surface area contributed by atoms with E-state index in [0.29, 0.717) is 12.5 Å². The quantitative estimate of drug-likeness (QED) is 0.709. The number of hydrogen-bond donors (Lipinski definition) is 1. The summed E-state index contributed by atoms with van der Waals surface area (Å²) in [6, 6.07) is 6.54. The van der Waals surface area contributed by atoms with Crippen molar-refractivity contribution in [3.63, 3.8) is 0 Å². The lowest BCUT2D eigenvalue weighted by molar-refractivity contribution is 0.0697. The standard InChI is InChI=1S/C17H24O3/c1-13(2)5-4-6-14(3)11-12-20-16-9-7-15(8-10-16)17(18)19/h5,7-10,14H,4,6,11-12H2,1-3H3,(H,18,19)/t14-/m0/s1. The van der Waals surface area contributed by atoms with Crippen molar-refractivity contribution in [1.29, 1.82) is 0 Å². The molecule has 0 fully saturated rings. The molecule has 1 aromatic rings. The number of carbonyl (C=O) groups is 1. The van der Waals surface area contributed by atoms with Crippen molar-refractivity contribution in [2.24, 2.45) is 5.92 Å². The summed E-state index contributed by atoms with van der Waals surface area (Å²) in [4.78, 5) is 10.7. The average Bonchev–Trinajstić information content (AvgIpc) is 2.39. The van der Waals surface area contributed by atoms with Crippen LogP contribution in [0.5, 0.6) is 5.75 Å². The van der Waals surface area contributed by atoms with Gasteiger partial charge in [0.1, 0.15) is 5.75 Å². The third-order valence-electron chi connectivity index (χ3n) is 3.19. The Morgan fingerprint density at radius 1 is 1.25 bits per heavy atom. The van der Waals surface area contributed by atoms with Gasteiger partial charge in [-0.3, -0.25) is 0 Å². The Morgan fingerprint density at radius 2 is 1.90 bits per heavy atom. The fourth-order valence-electron chi connectivity index (χ4n) is 1.87. The predicted octanol–water partition coefficient (Wildman–Crippen LogP) is 4.54. The molecule has 110 valence electrons. The van der Waals surface area contributed by atoms with Gasteiger partial charge in [-0.05, 0) is 63.3 Å². The van der Waals surface area contributed by atoms with E-state index in [1.54, 1.807) is 24.3 Å². The van der Waals surface area contributed by atoms with Crippen LogP contribution in [0, 0.1) is 5.92 Å². The number of benzene rings is 1. The summed E-state index contributed by atoms with van der Waals surface area (Å²) in [6.45, 7) is 7.14. The molecule has 0 aromatic heterocycles. The van der Waals surface area contributed by atoms with E-state index in [4.69, 9.17) is 9.84 Å². The maximum atomic E-state index is 10.7. The summed E-state index contributed by atoms with van der Waals surface area (Å²) in [5.41, 5.74) is 1.65. The number of rotatable bonds is 8. The van der Waals surface area contributed by atoms with E-state index < -0.39 is 5.97 Å². The number of carboxylic acids is 1. The summed E-state index contributed by atoms with van der Waals surface area (Å²) in [5, 5.41) is 8.80. The van der Waals surface area contributed by atoms with Crippen LogP contribution >= 0.6 is 0 Å². The van der Waals surface area contributed by atoms with Crippen LogP contribution in [-0.4, -0.2) is 17.7 Å². The van der Waals surface area contributed by atoms with Gasteiger partial charge in [0, 0.05) is 0 Å². The van der Waals surface area contributed by atoms with E-state index in [1.807, 2.05) is 0 Å². The normalized spacial score (nSPS) is 11.8. The maximum absolute atomic E-state index is 10.7. The minimum Gasteiger partial charge on any atom is -0.494 e. The molecule has 0 spiro atoms. The molecule has 0 heterocycles. The van der Waals surface area contributed by atoms with Gasteiger partial charge in [-0.2, -0.15) is 0 Å². The fourth-order valence-corrected chi connectivity index (χ4v) is 1.87. The largest absolute Gasteiger partial charge is 0.494 e. The molecule has 0 aliphatic heterocycles. The van der Waals surface area contributed by atoms with Gasteiger partial charge < -0.3 is 9.84 Å². The summed E-state index contributed by atoms with van der Waals surface area (Å²) < 4.78 is 5.63. The second kappa shape index (κ2) is 8.41. The van der Waals surface area contributed by atoms with Crippen molar-refractivity contribution < 1.29 is 14.6 Å². The molecule has 0 aliphatic carbocycles. The van der Waals surface area contributed by atoms with Crippen LogP contribution in [0.15, 0.2) is 35.9 Å². The highest BCUT2D eigenvalue weighted by Gasteiger charge is 2.04. The molecule has 1 rings (SSSR count). The Balaban J connectivity index is 2.26. The smallest absolute Gasteiger partial charge is 0.335 e. The van der Waals surface area contributed by atoms with Crippen molar-refractivity contribution in [3.05, 3.63) is 41.5 Å². The van der Waals surface area contributed by atoms with E-state index in [0.717, 1.165) is 18.6 Å². The average molecular weight is 276 g/mol. The van der Waals surface area contributed by atoms with E-state index in [-0.39, 0.29) is 5.56 Å². The Morgan fingerprint density at radius 3 is 2.45 bits per heavy atom. The van der Waals surface area contributed by atoms with Gasteiger partial charge in [-0.15, -0.1) is 0 Å². The van der Waals surface area contributed by atoms with Crippen LogP contribution in [0.4, 0.5) is 0 Å². The Labute approximate surface area is 121 Å². The second-order valence-corrected chi connectivity index (χ2v) is 5.43. The summed E-state index contributed by atoms with van der Waals surface area (Å²) in [5.74, 6) is 0.444. The molecular weight excluding hydrogens is 252 g/mol. The molecule has 1 N–H and O–H groups in total. The topological polar surface area (TPSA) is 46.5 Å². The second-order valence-electron chi connectivity index (χ2n) is 5.43. The highest BCUT2D eigenvalue weighted by atomic mass is 16.5. The molecule has 0 amide bonds. The van der Waals surface area contributed by atoms with Crippen LogP contribution in [0.2, 0.25) is 0 Å². The highest BCUT2D eigenvalue weighted by Crippen LogP contribution is 2.15. The summed E-state index contributed by atoms with van der Waals surface area (Å²) in [6.07, 6.45) is 5.57. The first-order chi connectivity index (χ1) is 9.49. The van der Waals surface area contributed by atoms with Crippen molar-refractivity contribution in [1.82, 2.24) is 0 Å². The van der Waals surface area contributed by atoms with Gasteiger partial charge in [0.25, 0.3) is 0 Å². The Bertz CT molecular complexity index is 442. The fraction of sp³-hybridized carbons (Fsp3) is 0.471. The lowest BCUT2D eigenvalue weighted by atomic mass is 10.0. The van der Waals surface area contributed by atoms with Crippen LogP contribution in [0.3, 0.4) is 0 Å². The molecule has 0 saturated carbocycles. The van der Waals surface area contributed by atoms with E-state index >= 15 is 0 Å². The molecule has 20 heavy (non-hydrogen) atoms. The van der Waals surface area contributed by atoms with E-state index in [1.165, 1.54) is 12.0 Å². The Kier molecular flexibility index (Phi) is 6.85. The van der Waals surface area contributed by atoms with E-state index in [9.17, 15) is 4.79 Å². The van der Waals surface area contributed by atoms with Gasteiger partial charge >= 0.3 is 5.97 Å². The number of ether oxygens (including phenoxy) is 1. The third kappa shape index (κ3) is 6.41. The number of aromatic carboxylic acids is 1. The lowest BCUT2D eigenvalue weighted by Crippen LogP contribution is -2.04. The molecule has 1 aromatic carbocycles. The molecular formula is C17H24O3. The molecule has 1 atom stereocenters.